The van der Waals surface area contributed by atoms with Crippen LogP contribution < -0.4 is 14.4 Å². The molecular formula is C39H37N3O5S2. The van der Waals surface area contributed by atoms with Gasteiger partial charge in [0, 0.05) is 11.3 Å². The standard InChI is InChI=1S/C39H37N3O5S2/c1-3-4-8-22-46-31-18-14-29(15-19-31)34-33(35(43)30-16-20-32(21-17-30)47-24-28-13-9-10-26(2)23-28)36(44)37(45)42(34)38-40-41-39(49-38)48-25-27-11-6-5-7-12-27/h5-7,9-21,23,34,43H,3-4,8,22,24-25H2,1-2H3. The van der Waals surface area contributed by atoms with Gasteiger partial charge in [-0.15, -0.1) is 10.2 Å². The number of thioether (sulfide) groups is 1. The second kappa shape index (κ2) is 16.0. The first-order chi connectivity index (χ1) is 23.9. The third-order valence-electron chi connectivity index (χ3n) is 8.08. The highest BCUT2D eigenvalue weighted by Crippen LogP contribution is 2.44. The van der Waals surface area contributed by atoms with Crippen LogP contribution in [0.15, 0.2) is 113 Å². The molecule has 0 bridgehead atoms. The maximum absolute atomic E-state index is 13.7. The highest BCUT2D eigenvalue weighted by Gasteiger charge is 2.48. The Morgan fingerprint density at radius 2 is 1.57 bits per heavy atom. The number of unbranched alkanes of at least 4 members (excludes halogenated alkanes) is 2. The number of nitrogens with zero attached hydrogens (tertiary/aromatic N) is 3. The molecule has 0 saturated carbocycles. The van der Waals surface area contributed by atoms with E-state index in [-0.39, 0.29) is 16.5 Å². The molecule has 1 atom stereocenters. The molecule has 1 saturated heterocycles. The summed E-state index contributed by atoms with van der Waals surface area (Å²) in [6, 6.07) is 31.3. The number of ether oxygens (including phenoxy) is 2. The van der Waals surface area contributed by atoms with E-state index in [1.54, 1.807) is 24.3 Å². The molecule has 0 spiro atoms. The third-order valence-corrected chi connectivity index (χ3v) is 10.2. The molecule has 1 fully saturated rings. The van der Waals surface area contributed by atoms with Crippen LogP contribution in [-0.4, -0.2) is 33.6 Å². The number of hydrogen-bond donors (Lipinski definition) is 1. The summed E-state index contributed by atoms with van der Waals surface area (Å²) in [5.74, 6) is 0.130. The summed E-state index contributed by atoms with van der Waals surface area (Å²) >= 11 is 2.74. The summed E-state index contributed by atoms with van der Waals surface area (Å²) in [6.45, 7) is 5.17. The Balaban J connectivity index is 1.29. The number of aliphatic hydroxyl groups excluding tert-OH is 1. The van der Waals surface area contributed by atoms with E-state index in [0.29, 0.717) is 45.9 Å². The number of benzene rings is 4. The first-order valence-corrected chi connectivity index (χ1v) is 18.0. The summed E-state index contributed by atoms with van der Waals surface area (Å²) in [5.41, 5.74) is 4.32. The topological polar surface area (TPSA) is 102 Å². The average molecular weight is 692 g/mol. The molecule has 0 aliphatic carbocycles. The summed E-state index contributed by atoms with van der Waals surface area (Å²) in [5, 5.41) is 20.6. The molecule has 49 heavy (non-hydrogen) atoms. The molecule has 8 nitrogen and oxygen atoms in total. The van der Waals surface area contributed by atoms with Gasteiger partial charge in [0.25, 0.3) is 5.78 Å². The Hall–Kier alpha value is -4.93. The second-order valence-corrected chi connectivity index (χ2v) is 13.9. The first kappa shape index (κ1) is 34.0. The highest BCUT2D eigenvalue weighted by atomic mass is 32.2. The van der Waals surface area contributed by atoms with Crippen LogP contribution in [0.5, 0.6) is 11.5 Å². The summed E-state index contributed by atoms with van der Waals surface area (Å²) in [4.78, 5) is 28.8. The minimum atomic E-state index is -0.925. The molecule has 1 amide bonds. The predicted octanol–water partition coefficient (Wildman–Crippen LogP) is 8.91. The fourth-order valence-corrected chi connectivity index (χ4v) is 7.37. The fraction of sp³-hybridized carbons (Fsp3) is 0.231. The largest absolute Gasteiger partial charge is 0.507 e. The summed E-state index contributed by atoms with van der Waals surface area (Å²) in [7, 11) is 0. The Morgan fingerprint density at radius 3 is 2.31 bits per heavy atom. The lowest BCUT2D eigenvalue weighted by Gasteiger charge is -2.22. The van der Waals surface area contributed by atoms with Gasteiger partial charge >= 0.3 is 5.91 Å². The zero-order valence-corrected chi connectivity index (χ0v) is 29.0. The average Bonchev–Trinajstić information content (AvgIpc) is 3.70. The molecule has 5 aromatic rings. The number of aryl methyl sites for hydroxylation is 1. The lowest BCUT2D eigenvalue weighted by atomic mass is 9.95. The number of rotatable bonds is 14. The van der Waals surface area contributed by atoms with Gasteiger partial charge in [-0.05, 0) is 66.4 Å². The normalized spacial score (nSPS) is 15.5. The smallest absolute Gasteiger partial charge is 0.301 e. The molecular weight excluding hydrogens is 655 g/mol. The molecule has 6 rings (SSSR count). The van der Waals surface area contributed by atoms with Crippen molar-refractivity contribution >= 4 is 45.7 Å². The van der Waals surface area contributed by atoms with Crippen molar-refractivity contribution in [3.05, 3.63) is 137 Å². The number of carbonyl (C=O) groups excluding carboxylic acids is 2. The quantitative estimate of drug-likeness (QED) is 0.0308. The lowest BCUT2D eigenvalue weighted by Crippen LogP contribution is -2.29. The number of ketones is 1. The Labute approximate surface area is 294 Å². The lowest BCUT2D eigenvalue weighted by molar-refractivity contribution is -0.132. The van der Waals surface area contributed by atoms with Gasteiger partial charge in [0.1, 0.15) is 23.9 Å². The van der Waals surface area contributed by atoms with E-state index >= 15 is 0 Å². The van der Waals surface area contributed by atoms with E-state index in [4.69, 9.17) is 9.47 Å². The van der Waals surface area contributed by atoms with Crippen molar-refractivity contribution < 1.29 is 24.2 Å². The first-order valence-electron chi connectivity index (χ1n) is 16.2. The number of aromatic nitrogens is 2. The maximum atomic E-state index is 13.7. The van der Waals surface area contributed by atoms with E-state index in [9.17, 15) is 14.7 Å². The van der Waals surface area contributed by atoms with E-state index in [2.05, 4.69) is 23.2 Å². The van der Waals surface area contributed by atoms with Crippen molar-refractivity contribution in [2.45, 2.75) is 55.9 Å². The molecule has 2 heterocycles. The van der Waals surface area contributed by atoms with E-state index < -0.39 is 17.7 Å². The van der Waals surface area contributed by atoms with Gasteiger partial charge < -0.3 is 14.6 Å². The molecule has 1 unspecified atom stereocenters. The number of aliphatic hydroxyl groups is 1. The molecule has 1 N–H and O–H groups in total. The van der Waals surface area contributed by atoms with Gasteiger partial charge in [-0.1, -0.05) is 115 Å². The molecule has 1 aliphatic rings. The van der Waals surface area contributed by atoms with Crippen LogP contribution >= 0.6 is 23.1 Å². The number of anilines is 1. The monoisotopic (exact) mass is 691 g/mol. The van der Waals surface area contributed by atoms with Crippen LogP contribution in [0.25, 0.3) is 5.76 Å². The van der Waals surface area contributed by atoms with Gasteiger partial charge in [0.15, 0.2) is 4.34 Å². The third kappa shape index (κ3) is 8.21. The van der Waals surface area contributed by atoms with Crippen molar-refractivity contribution in [1.82, 2.24) is 10.2 Å². The summed E-state index contributed by atoms with van der Waals surface area (Å²) in [6.07, 6.45) is 3.14. The SMILES string of the molecule is CCCCCOc1ccc(C2C(=C(O)c3ccc(OCc4cccc(C)c4)cc3)C(=O)C(=O)N2c2nnc(SCc3ccccc3)s2)cc1. The van der Waals surface area contributed by atoms with Gasteiger partial charge in [-0.3, -0.25) is 14.5 Å². The van der Waals surface area contributed by atoms with E-state index in [1.165, 1.54) is 28.0 Å². The van der Waals surface area contributed by atoms with Crippen LogP contribution in [0.4, 0.5) is 5.13 Å². The number of Topliss-reactive ketones (excluding diaryl/α,β-unsaturated/α-hetero) is 1. The molecule has 1 aliphatic heterocycles. The van der Waals surface area contributed by atoms with E-state index in [1.807, 2.05) is 79.7 Å². The van der Waals surface area contributed by atoms with Crippen molar-refractivity contribution in [2.75, 3.05) is 11.5 Å². The van der Waals surface area contributed by atoms with Gasteiger partial charge in [0.2, 0.25) is 5.13 Å². The minimum Gasteiger partial charge on any atom is -0.507 e. The van der Waals surface area contributed by atoms with Crippen LogP contribution in [-0.2, 0) is 21.9 Å². The fourth-order valence-electron chi connectivity index (χ4n) is 5.54. The number of hydrogen-bond acceptors (Lipinski definition) is 9. The maximum Gasteiger partial charge on any atom is 0.301 e. The van der Waals surface area contributed by atoms with Crippen molar-refractivity contribution in [2.24, 2.45) is 0 Å². The van der Waals surface area contributed by atoms with Crippen LogP contribution in [0.3, 0.4) is 0 Å². The number of carbonyl (C=O) groups is 2. The van der Waals surface area contributed by atoms with Crippen molar-refractivity contribution in [3.63, 3.8) is 0 Å². The van der Waals surface area contributed by atoms with Gasteiger partial charge in [-0.2, -0.15) is 0 Å². The predicted molar refractivity (Wildman–Crippen MR) is 194 cm³/mol. The zero-order valence-electron chi connectivity index (χ0n) is 27.4. The molecule has 10 heteroatoms. The molecule has 250 valence electrons. The van der Waals surface area contributed by atoms with Crippen molar-refractivity contribution in [3.8, 4) is 11.5 Å². The molecule has 0 radical (unpaired) electrons. The van der Waals surface area contributed by atoms with Gasteiger partial charge in [-0.25, -0.2) is 0 Å². The van der Waals surface area contributed by atoms with Crippen LogP contribution in [0.2, 0.25) is 0 Å². The highest BCUT2D eigenvalue weighted by molar-refractivity contribution is 8.00. The Morgan fingerprint density at radius 1 is 0.857 bits per heavy atom. The minimum absolute atomic E-state index is 0.0243. The summed E-state index contributed by atoms with van der Waals surface area (Å²) < 4.78 is 12.5. The Kier molecular flexibility index (Phi) is 11.1. The van der Waals surface area contributed by atoms with Gasteiger partial charge in [0.05, 0.1) is 18.2 Å². The van der Waals surface area contributed by atoms with Crippen molar-refractivity contribution in [1.29, 1.82) is 0 Å². The Bertz CT molecular complexity index is 1920. The zero-order chi connectivity index (χ0) is 34.2. The number of amides is 1. The van der Waals surface area contributed by atoms with Crippen LogP contribution in [0.1, 0.15) is 60.0 Å². The van der Waals surface area contributed by atoms with Crippen LogP contribution in [0, 0.1) is 6.92 Å². The second-order valence-electron chi connectivity index (χ2n) is 11.7. The molecule has 1 aromatic heterocycles. The molecule has 4 aromatic carbocycles. The van der Waals surface area contributed by atoms with E-state index in [0.717, 1.165) is 36.0 Å².